The van der Waals surface area contributed by atoms with E-state index < -0.39 is 40.0 Å². The molecular weight excluding hydrogens is 416 g/mol. The van der Waals surface area contributed by atoms with Gasteiger partial charge in [-0.2, -0.15) is 0 Å². The van der Waals surface area contributed by atoms with Gasteiger partial charge in [-0.05, 0) is 51.1 Å². The number of ketones is 1. The van der Waals surface area contributed by atoms with Crippen molar-refractivity contribution in [2.45, 2.75) is 27.3 Å². The van der Waals surface area contributed by atoms with E-state index >= 15 is 0 Å². The van der Waals surface area contributed by atoms with Crippen molar-refractivity contribution in [2.75, 3.05) is 6.61 Å². The van der Waals surface area contributed by atoms with Crippen molar-refractivity contribution in [3.8, 4) is 11.4 Å². The maximum Gasteiger partial charge on any atom is 0.286 e. The smallest absolute Gasteiger partial charge is 0.286 e. The molecule has 0 aliphatic rings. The maximum absolute atomic E-state index is 13.0. The molecule has 2 heterocycles. The molecule has 0 aliphatic heterocycles. The summed E-state index contributed by atoms with van der Waals surface area (Å²) in [5.74, 6) is -0.813. The normalized spacial score (nSPS) is 10.7. The van der Waals surface area contributed by atoms with Crippen LogP contribution in [0.1, 0.15) is 39.0 Å². The number of nitrogens with zero attached hydrogens (tertiary/aromatic N) is 3. The van der Waals surface area contributed by atoms with E-state index in [0.717, 1.165) is 34.0 Å². The van der Waals surface area contributed by atoms with Crippen LogP contribution in [0.3, 0.4) is 0 Å². The quantitative estimate of drug-likeness (QED) is 0.326. The van der Waals surface area contributed by atoms with Crippen LogP contribution in [0, 0.1) is 24.0 Å². The number of aromatic nitrogens is 2. The van der Waals surface area contributed by atoms with E-state index in [0.29, 0.717) is 17.9 Å². The fourth-order valence-electron chi connectivity index (χ4n) is 3.55. The fraction of sp³-hybridized carbons (Fsp3) is 0.227. The van der Waals surface area contributed by atoms with Crippen molar-refractivity contribution in [3.05, 3.63) is 85.6 Å². The van der Waals surface area contributed by atoms with E-state index in [1.807, 2.05) is 42.7 Å². The Bertz CT molecular complexity index is 1270. The molecule has 0 aliphatic carbocycles. The number of carbonyl (C=O) groups is 2. The van der Waals surface area contributed by atoms with Crippen molar-refractivity contribution in [1.82, 2.24) is 9.13 Å². The minimum atomic E-state index is -1.10. The number of hydrogen-bond donors (Lipinski definition) is 1. The van der Waals surface area contributed by atoms with Gasteiger partial charge in [-0.15, -0.1) is 0 Å². The molecule has 0 bridgehead atoms. The molecule has 1 amide bonds. The predicted molar refractivity (Wildman–Crippen MR) is 117 cm³/mol. The maximum atomic E-state index is 13.0. The van der Waals surface area contributed by atoms with Gasteiger partial charge >= 0.3 is 0 Å². The third-order valence-corrected chi connectivity index (χ3v) is 5.00. The molecule has 2 N–H and O–H groups in total. The lowest BCUT2D eigenvalue weighted by atomic mass is 10.1. The van der Waals surface area contributed by atoms with E-state index in [-0.39, 0.29) is 0 Å². The first-order valence-corrected chi connectivity index (χ1v) is 9.78. The average molecular weight is 438 g/mol. The Kier molecular flexibility index (Phi) is 6.24. The van der Waals surface area contributed by atoms with Gasteiger partial charge < -0.3 is 19.6 Å². The Balaban J connectivity index is 1.98. The number of nitro groups is 1. The first-order valence-electron chi connectivity index (χ1n) is 9.78. The largest absolute Gasteiger partial charge is 0.494 e. The molecular formula is C22H22N4O6. The Hall–Kier alpha value is -4.21. The first-order chi connectivity index (χ1) is 15.1. The summed E-state index contributed by atoms with van der Waals surface area (Å²) in [5.41, 5.74) is 5.86. The Labute approximate surface area is 183 Å². The minimum Gasteiger partial charge on any atom is -0.494 e. The molecule has 32 heavy (non-hydrogen) atoms. The molecule has 3 rings (SSSR count). The number of benzene rings is 1. The van der Waals surface area contributed by atoms with E-state index in [1.165, 1.54) is 0 Å². The number of primary amides is 1. The number of amides is 1. The topological polar surface area (TPSA) is 139 Å². The molecule has 0 fully saturated rings. The highest BCUT2D eigenvalue weighted by Gasteiger charge is 2.21. The van der Waals surface area contributed by atoms with Crippen molar-refractivity contribution in [2.24, 2.45) is 5.73 Å². The molecule has 0 saturated heterocycles. The summed E-state index contributed by atoms with van der Waals surface area (Å²) in [7, 11) is 0. The van der Waals surface area contributed by atoms with E-state index in [4.69, 9.17) is 10.5 Å². The number of nitrogens with two attached hydrogens (primary N) is 1. The van der Waals surface area contributed by atoms with Crippen LogP contribution in [-0.2, 0) is 6.54 Å². The number of pyridine rings is 1. The third-order valence-electron chi connectivity index (χ3n) is 5.00. The SMILES string of the molecule is CCOc1ccc(-n2c(C)cc(C(=O)Cn3cc([N+](=O)[O-])cc(C(N)=O)c3=O)c2C)cc1. The number of carbonyl (C=O) groups excluding carboxylic acids is 2. The number of hydrogen-bond acceptors (Lipinski definition) is 6. The lowest BCUT2D eigenvalue weighted by molar-refractivity contribution is -0.385. The number of ether oxygens (including phenoxy) is 1. The molecule has 2 aromatic heterocycles. The molecule has 0 saturated carbocycles. The lowest BCUT2D eigenvalue weighted by Crippen LogP contribution is -2.31. The van der Waals surface area contributed by atoms with Crippen LogP contribution in [-0.4, -0.2) is 32.4 Å². The number of rotatable bonds is 8. The molecule has 0 radical (unpaired) electrons. The van der Waals surface area contributed by atoms with Gasteiger partial charge in [-0.25, -0.2) is 0 Å². The number of aryl methyl sites for hydroxylation is 1. The molecule has 0 spiro atoms. The first kappa shape index (κ1) is 22.5. The summed E-state index contributed by atoms with van der Waals surface area (Å²) in [6.45, 7) is 5.57. The molecule has 0 atom stereocenters. The van der Waals surface area contributed by atoms with Crippen LogP contribution in [0.25, 0.3) is 5.69 Å². The van der Waals surface area contributed by atoms with Crippen LogP contribution in [0.2, 0.25) is 0 Å². The molecule has 3 aromatic rings. The van der Waals surface area contributed by atoms with Gasteiger partial charge in [0.2, 0.25) is 0 Å². The molecule has 166 valence electrons. The minimum absolute atomic E-state index is 0.357. The zero-order valence-corrected chi connectivity index (χ0v) is 17.8. The summed E-state index contributed by atoms with van der Waals surface area (Å²) in [6.07, 6.45) is 0.929. The molecule has 10 heteroatoms. The Morgan fingerprint density at radius 3 is 2.34 bits per heavy atom. The molecule has 10 nitrogen and oxygen atoms in total. The second-order valence-electron chi connectivity index (χ2n) is 7.14. The average Bonchev–Trinajstić information content (AvgIpc) is 3.04. The molecule has 1 aromatic carbocycles. The van der Waals surface area contributed by atoms with E-state index in [2.05, 4.69) is 0 Å². The summed E-state index contributed by atoms with van der Waals surface area (Å²) in [6, 6.07) is 9.88. The van der Waals surface area contributed by atoms with Crippen molar-refractivity contribution >= 4 is 17.4 Å². The van der Waals surface area contributed by atoms with Crippen LogP contribution in [0.4, 0.5) is 5.69 Å². The zero-order valence-electron chi connectivity index (χ0n) is 17.8. The summed E-state index contributed by atoms with van der Waals surface area (Å²) >= 11 is 0. The zero-order chi connectivity index (χ0) is 23.6. The van der Waals surface area contributed by atoms with Crippen molar-refractivity contribution in [3.63, 3.8) is 0 Å². The highest BCUT2D eigenvalue weighted by atomic mass is 16.6. The Morgan fingerprint density at radius 1 is 1.12 bits per heavy atom. The summed E-state index contributed by atoms with van der Waals surface area (Å²) in [4.78, 5) is 47.4. The fourth-order valence-corrected chi connectivity index (χ4v) is 3.55. The monoisotopic (exact) mass is 438 g/mol. The molecule has 0 unspecified atom stereocenters. The van der Waals surface area contributed by atoms with Gasteiger partial charge in [0.05, 0.1) is 24.3 Å². The Morgan fingerprint density at radius 2 is 1.78 bits per heavy atom. The second-order valence-corrected chi connectivity index (χ2v) is 7.14. The van der Waals surface area contributed by atoms with Gasteiger partial charge in [0.15, 0.2) is 5.78 Å². The second kappa shape index (κ2) is 8.88. The van der Waals surface area contributed by atoms with Gasteiger partial charge in [-0.1, -0.05) is 0 Å². The van der Waals surface area contributed by atoms with E-state index in [1.54, 1.807) is 13.0 Å². The lowest BCUT2D eigenvalue weighted by Gasteiger charge is -2.11. The standard InChI is InChI=1S/C22H22N4O6/c1-4-32-17-7-5-15(6-8-17)25-13(2)9-18(14(25)3)20(27)12-24-11-16(26(30)31)10-19(21(23)28)22(24)29/h5-11H,4,12H2,1-3H3,(H2,23,28). The summed E-state index contributed by atoms with van der Waals surface area (Å²) < 4.78 is 8.17. The van der Waals surface area contributed by atoms with Crippen molar-refractivity contribution in [1.29, 1.82) is 0 Å². The summed E-state index contributed by atoms with van der Waals surface area (Å²) in [5, 5.41) is 11.2. The highest BCUT2D eigenvalue weighted by molar-refractivity contribution is 5.98. The predicted octanol–water partition coefficient (Wildman–Crippen LogP) is 2.54. The van der Waals surface area contributed by atoms with Gasteiger partial charge in [-0.3, -0.25) is 24.5 Å². The van der Waals surface area contributed by atoms with Gasteiger partial charge in [0, 0.05) is 28.7 Å². The van der Waals surface area contributed by atoms with Crippen LogP contribution in [0.5, 0.6) is 5.75 Å². The van der Waals surface area contributed by atoms with Crippen LogP contribution >= 0.6 is 0 Å². The third kappa shape index (κ3) is 4.29. The van der Waals surface area contributed by atoms with Crippen molar-refractivity contribution < 1.29 is 19.2 Å². The van der Waals surface area contributed by atoms with Crippen LogP contribution < -0.4 is 16.0 Å². The highest BCUT2D eigenvalue weighted by Crippen LogP contribution is 2.23. The van der Waals surface area contributed by atoms with Crippen LogP contribution in [0.15, 0.2) is 47.4 Å². The van der Waals surface area contributed by atoms with Gasteiger partial charge in [0.1, 0.15) is 11.3 Å². The number of Topliss-reactive ketones (excluding diaryl/α,β-unsaturated/α-hetero) is 1. The van der Waals surface area contributed by atoms with E-state index in [9.17, 15) is 24.5 Å². The van der Waals surface area contributed by atoms with Gasteiger partial charge in [0.25, 0.3) is 17.2 Å².